The molecule has 0 aliphatic heterocycles. The molecule has 0 atom stereocenters. The quantitative estimate of drug-likeness (QED) is 0.442. The van der Waals surface area contributed by atoms with Crippen LogP contribution in [0.2, 0.25) is 0 Å². The molecule has 0 heterocycles. The molecule has 6 heteroatoms. The topological polar surface area (TPSA) is 74.2 Å². The standard InChI is InChI=1S/C9H20O4.C3H4O2/c1-3-11-6-7-13-9-8-12-5-4-10-2;1-2-3(4)5/h3-9H2,1-2H3;2H,1H2,(H,4,5). The number of rotatable bonds is 11. The minimum Gasteiger partial charge on any atom is -0.478 e. The number of ether oxygens (including phenoxy) is 4. The van der Waals surface area contributed by atoms with Crippen LogP contribution in [0.25, 0.3) is 0 Å². The Labute approximate surface area is 108 Å². The SMILES string of the molecule is C=CC(=O)O.CCOCCOCCOCCOC. The fourth-order valence-electron chi connectivity index (χ4n) is 0.726. The summed E-state index contributed by atoms with van der Waals surface area (Å²) in [6.45, 7) is 9.48. The maximum atomic E-state index is 9.25. The van der Waals surface area contributed by atoms with Gasteiger partial charge in [0.15, 0.2) is 0 Å². The first-order valence-corrected chi connectivity index (χ1v) is 5.76. The molecule has 0 aromatic heterocycles. The highest BCUT2D eigenvalue weighted by molar-refractivity contribution is 5.78. The second-order valence-electron chi connectivity index (χ2n) is 2.96. The summed E-state index contributed by atoms with van der Waals surface area (Å²) < 4.78 is 20.3. The lowest BCUT2D eigenvalue weighted by atomic mass is 10.7. The van der Waals surface area contributed by atoms with Crippen LogP contribution in [-0.2, 0) is 23.7 Å². The van der Waals surface area contributed by atoms with Gasteiger partial charge in [-0.25, -0.2) is 4.79 Å². The van der Waals surface area contributed by atoms with Gasteiger partial charge in [-0.1, -0.05) is 6.58 Å². The highest BCUT2D eigenvalue weighted by Crippen LogP contribution is 1.80. The largest absolute Gasteiger partial charge is 0.478 e. The van der Waals surface area contributed by atoms with E-state index in [1.807, 2.05) is 6.92 Å². The van der Waals surface area contributed by atoms with E-state index in [1.54, 1.807) is 7.11 Å². The third-order valence-electron chi connectivity index (χ3n) is 1.55. The molecule has 0 radical (unpaired) electrons. The second-order valence-corrected chi connectivity index (χ2v) is 2.96. The van der Waals surface area contributed by atoms with E-state index < -0.39 is 5.97 Å². The Kier molecular flexibility index (Phi) is 19.8. The highest BCUT2D eigenvalue weighted by atomic mass is 16.6. The summed E-state index contributed by atoms with van der Waals surface area (Å²) in [6, 6.07) is 0. The van der Waals surface area contributed by atoms with Gasteiger partial charge in [-0.15, -0.1) is 0 Å². The van der Waals surface area contributed by atoms with Crippen molar-refractivity contribution in [3.05, 3.63) is 12.7 Å². The zero-order chi connectivity index (χ0) is 14.1. The number of hydrogen-bond acceptors (Lipinski definition) is 5. The molecule has 0 aromatic rings. The van der Waals surface area contributed by atoms with Gasteiger partial charge in [0.2, 0.25) is 0 Å². The Morgan fingerprint density at radius 1 is 1.06 bits per heavy atom. The molecule has 1 N–H and O–H groups in total. The van der Waals surface area contributed by atoms with Crippen molar-refractivity contribution in [1.29, 1.82) is 0 Å². The molecule has 0 unspecified atom stereocenters. The van der Waals surface area contributed by atoms with E-state index in [4.69, 9.17) is 24.1 Å². The third-order valence-corrected chi connectivity index (χ3v) is 1.55. The second kappa shape index (κ2) is 18.4. The van der Waals surface area contributed by atoms with E-state index in [9.17, 15) is 4.79 Å². The number of carboxylic acids is 1. The van der Waals surface area contributed by atoms with E-state index >= 15 is 0 Å². The van der Waals surface area contributed by atoms with Gasteiger partial charge in [0.25, 0.3) is 0 Å². The van der Waals surface area contributed by atoms with Crippen LogP contribution in [0.1, 0.15) is 6.92 Å². The minimum atomic E-state index is -0.981. The molecular weight excluding hydrogens is 240 g/mol. The molecule has 0 aliphatic rings. The molecule has 0 aliphatic carbocycles. The van der Waals surface area contributed by atoms with Crippen LogP contribution in [0.3, 0.4) is 0 Å². The normalized spacial score (nSPS) is 9.44. The van der Waals surface area contributed by atoms with Crippen LogP contribution >= 0.6 is 0 Å². The lowest BCUT2D eigenvalue weighted by Gasteiger charge is -2.05. The first kappa shape index (κ1) is 19.4. The van der Waals surface area contributed by atoms with E-state index in [0.717, 1.165) is 12.7 Å². The molecule has 108 valence electrons. The molecule has 0 spiro atoms. The molecule has 6 nitrogen and oxygen atoms in total. The fraction of sp³-hybridized carbons (Fsp3) is 0.750. The van der Waals surface area contributed by atoms with E-state index in [1.165, 1.54) is 0 Å². The van der Waals surface area contributed by atoms with Crippen LogP contribution in [0.15, 0.2) is 12.7 Å². The summed E-state index contributed by atoms with van der Waals surface area (Å²) in [5, 5.41) is 7.60. The number of carboxylic acid groups (broad SMARTS) is 1. The molecule has 0 saturated carbocycles. The Balaban J connectivity index is 0. The predicted molar refractivity (Wildman–Crippen MR) is 67.8 cm³/mol. The summed E-state index contributed by atoms with van der Waals surface area (Å²) >= 11 is 0. The first-order valence-electron chi connectivity index (χ1n) is 5.76. The van der Waals surface area contributed by atoms with Crippen molar-refractivity contribution in [2.24, 2.45) is 0 Å². The molecule has 0 fully saturated rings. The van der Waals surface area contributed by atoms with Crippen molar-refractivity contribution in [3.8, 4) is 0 Å². The summed E-state index contributed by atoms with van der Waals surface area (Å²) in [7, 11) is 1.65. The lowest BCUT2D eigenvalue weighted by Crippen LogP contribution is -2.11. The highest BCUT2D eigenvalue weighted by Gasteiger charge is 1.89. The summed E-state index contributed by atoms with van der Waals surface area (Å²) in [6.07, 6.45) is 0.833. The fourth-order valence-corrected chi connectivity index (χ4v) is 0.726. The lowest BCUT2D eigenvalue weighted by molar-refractivity contribution is -0.131. The van der Waals surface area contributed by atoms with Crippen LogP contribution in [0.4, 0.5) is 0 Å². The molecular formula is C12H24O6. The van der Waals surface area contributed by atoms with Gasteiger partial charge in [-0.05, 0) is 6.92 Å². The van der Waals surface area contributed by atoms with Gasteiger partial charge in [0, 0.05) is 19.8 Å². The smallest absolute Gasteiger partial charge is 0.327 e. The molecule has 0 rings (SSSR count). The van der Waals surface area contributed by atoms with Gasteiger partial charge in [-0.3, -0.25) is 0 Å². The van der Waals surface area contributed by atoms with Crippen molar-refractivity contribution < 1.29 is 28.8 Å². The summed E-state index contributed by atoms with van der Waals surface area (Å²) in [5.41, 5.74) is 0. The van der Waals surface area contributed by atoms with Gasteiger partial charge >= 0.3 is 5.97 Å². The van der Waals surface area contributed by atoms with Crippen molar-refractivity contribution in [2.75, 3.05) is 53.4 Å². The van der Waals surface area contributed by atoms with Crippen molar-refractivity contribution in [2.45, 2.75) is 6.92 Å². The average molecular weight is 264 g/mol. The van der Waals surface area contributed by atoms with E-state index in [2.05, 4.69) is 6.58 Å². The number of carbonyl (C=O) groups is 1. The summed E-state index contributed by atoms with van der Waals surface area (Å²) in [5.74, 6) is -0.981. The van der Waals surface area contributed by atoms with Gasteiger partial charge in [0.05, 0.1) is 39.6 Å². The Morgan fingerprint density at radius 3 is 1.78 bits per heavy atom. The summed E-state index contributed by atoms with van der Waals surface area (Å²) in [4.78, 5) is 9.25. The van der Waals surface area contributed by atoms with Crippen LogP contribution in [0, 0.1) is 0 Å². The van der Waals surface area contributed by atoms with Crippen molar-refractivity contribution >= 4 is 5.97 Å². The number of aliphatic carboxylic acids is 1. The maximum Gasteiger partial charge on any atom is 0.327 e. The molecule has 0 saturated heterocycles. The average Bonchev–Trinajstić information content (AvgIpc) is 2.37. The third kappa shape index (κ3) is 24.3. The molecule has 0 aromatic carbocycles. The molecule has 0 bridgehead atoms. The zero-order valence-electron chi connectivity index (χ0n) is 11.2. The first-order chi connectivity index (χ1) is 8.68. The van der Waals surface area contributed by atoms with Crippen LogP contribution < -0.4 is 0 Å². The van der Waals surface area contributed by atoms with Crippen LogP contribution in [0.5, 0.6) is 0 Å². The van der Waals surface area contributed by atoms with Crippen molar-refractivity contribution in [1.82, 2.24) is 0 Å². The molecule has 0 amide bonds. The Morgan fingerprint density at radius 2 is 1.44 bits per heavy atom. The molecule has 18 heavy (non-hydrogen) atoms. The Hall–Kier alpha value is -0.950. The van der Waals surface area contributed by atoms with E-state index in [0.29, 0.717) is 39.6 Å². The van der Waals surface area contributed by atoms with Crippen LogP contribution in [-0.4, -0.2) is 64.4 Å². The Bertz CT molecular complexity index is 173. The maximum absolute atomic E-state index is 9.25. The van der Waals surface area contributed by atoms with Gasteiger partial charge < -0.3 is 24.1 Å². The number of hydrogen-bond donors (Lipinski definition) is 1. The predicted octanol–water partition coefficient (Wildman–Crippen LogP) is 0.959. The van der Waals surface area contributed by atoms with Gasteiger partial charge in [0.1, 0.15) is 0 Å². The monoisotopic (exact) mass is 264 g/mol. The van der Waals surface area contributed by atoms with Crippen molar-refractivity contribution in [3.63, 3.8) is 0 Å². The zero-order valence-corrected chi connectivity index (χ0v) is 11.2. The van der Waals surface area contributed by atoms with Gasteiger partial charge in [-0.2, -0.15) is 0 Å². The number of methoxy groups -OCH3 is 1. The van der Waals surface area contributed by atoms with E-state index in [-0.39, 0.29) is 0 Å². The minimum absolute atomic E-state index is 0.621.